The minimum absolute atomic E-state index is 0.212. The van der Waals surface area contributed by atoms with Gasteiger partial charge in [0.25, 0.3) is 0 Å². The van der Waals surface area contributed by atoms with Crippen molar-refractivity contribution >= 4 is 24.2 Å². The van der Waals surface area contributed by atoms with E-state index in [9.17, 15) is 9.18 Å². The average molecular weight is 279 g/mol. The molecule has 1 saturated heterocycles. The molecule has 1 aliphatic rings. The molecule has 0 atom stereocenters. The van der Waals surface area contributed by atoms with E-state index in [4.69, 9.17) is 9.31 Å². The molecule has 0 bridgehead atoms. The highest BCUT2D eigenvalue weighted by Crippen LogP contribution is 2.36. The first-order valence-corrected chi connectivity index (χ1v) is 6.55. The molecule has 0 unspecified atom stereocenters. The third-order valence-corrected chi connectivity index (χ3v) is 3.82. The Bertz CT molecular complexity index is 529. The first-order valence-electron chi connectivity index (χ1n) is 6.55. The van der Waals surface area contributed by atoms with Crippen LogP contribution in [0.4, 0.5) is 10.1 Å². The number of nitrogens with one attached hydrogen (secondary N) is 1. The van der Waals surface area contributed by atoms with Crippen molar-refractivity contribution in [1.29, 1.82) is 0 Å². The van der Waals surface area contributed by atoms with Crippen LogP contribution < -0.4 is 10.8 Å². The second-order valence-corrected chi connectivity index (χ2v) is 6.01. The molecule has 108 valence electrons. The van der Waals surface area contributed by atoms with Crippen molar-refractivity contribution in [2.24, 2.45) is 0 Å². The maximum atomic E-state index is 14.0. The zero-order valence-corrected chi connectivity index (χ0v) is 12.4. The third kappa shape index (κ3) is 2.71. The summed E-state index contributed by atoms with van der Waals surface area (Å²) in [6.07, 6.45) is 0. The lowest BCUT2D eigenvalue weighted by Gasteiger charge is -2.32. The van der Waals surface area contributed by atoms with E-state index in [2.05, 4.69) is 5.32 Å². The molecule has 1 N–H and O–H groups in total. The van der Waals surface area contributed by atoms with Crippen LogP contribution in [-0.2, 0) is 14.1 Å². The van der Waals surface area contributed by atoms with Gasteiger partial charge in [0.15, 0.2) is 0 Å². The smallest absolute Gasteiger partial charge is 0.399 e. The highest BCUT2D eigenvalue weighted by atomic mass is 19.1. The van der Waals surface area contributed by atoms with Crippen molar-refractivity contribution in [3.05, 3.63) is 24.0 Å². The van der Waals surface area contributed by atoms with Crippen molar-refractivity contribution in [2.45, 2.75) is 45.8 Å². The van der Waals surface area contributed by atoms with Gasteiger partial charge in [0.2, 0.25) is 5.91 Å². The lowest BCUT2D eigenvalue weighted by atomic mass is 9.78. The normalized spacial score (nSPS) is 20.0. The fourth-order valence-electron chi connectivity index (χ4n) is 1.98. The van der Waals surface area contributed by atoms with Gasteiger partial charge in [0.05, 0.1) is 11.2 Å². The van der Waals surface area contributed by atoms with E-state index in [1.54, 1.807) is 6.07 Å². The predicted octanol–water partition coefficient (Wildman–Crippen LogP) is 2.08. The van der Waals surface area contributed by atoms with Gasteiger partial charge in [-0.2, -0.15) is 0 Å². The third-order valence-electron chi connectivity index (χ3n) is 3.82. The standard InChI is InChI=1S/C14H19BFNO3/c1-9(18)17-10-6-7-12(16)11(8-10)15-19-13(2,3)14(4,5)20-15/h6-8H,1-5H3,(H,17,18). The number of carbonyl (C=O) groups is 1. The van der Waals surface area contributed by atoms with Crippen molar-refractivity contribution in [2.75, 3.05) is 5.32 Å². The molecule has 1 aromatic carbocycles. The zero-order valence-electron chi connectivity index (χ0n) is 12.4. The molecule has 0 saturated carbocycles. The van der Waals surface area contributed by atoms with Crippen LogP contribution in [0.25, 0.3) is 0 Å². The molecule has 0 radical (unpaired) electrons. The van der Waals surface area contributed by atoms with Crippen LogP contribution in [0.15, 0.2) is 18.2 Å². The number of rotatable bonds is 2. The number of amides is 1. The predicted molar refractivity (Wildman–Crippen MR) is 76.4 cm³/mol. The van der Waals surface area contributed by atoms with Gasteiger partial charge in [-0.3, -0.25) is 4.79 Å². The van der Waals surface area contributed by atoms with Gasteiger partial charge in [0, 0.05) is 18.1 Å². The second-order valence-electron chi connectivity index (χ2n) is 6.01. The SMILES string of the molecule is CC(=O)Nc1ccc(F)c(B2OC(C)(C)C(C)(C)O2)c1. The highest BCUT2D eigenvalue weighted by molar-refractivity contribution is 6.62. The number of halogens is 1. The summed E-state index contributed by atoms with van der Waals surface area (Å²) in [5.41, 5.74) is -0.263. The van der Waals surface area contributed by atoms with Crippen LogP contribution in [0.2, 0.25) is 0 Å². The second kappa shape index (κ2) is 4.86. The number of benzene rings is 1. The molecule has 4 nitrogen and oxygen atoms in total. The largest absolute Gasteiger partial charge is 0.497 e. The van der Waals surface area contributed by atoms with E-state index in [-0.39, 0.29) is 11.4 Å². The van der Waals surface area contributed by atoms with Gasteiger partial charge in [0.1, 0.15) is 5.82 Å². The highest BCUT2D eigenvalue weighted by Gasteiger charge is 2.52. The Hall–Kier alpha value is -1.40. The minimum atomic E-state index is -0.784. The number of hydrogen-bond acceptors (Lipinski definition) is 3. The quantitative estimate of drug-likeness (QED) is 0.843. The van der Waals surface area contributed by atoms with Gasteiger partial charge >= 0.3 is 7.12 Å². The first kappa shape index (κ1) is 15.0. The summed E-state index contributed by atoms with van der Waals surface area (Å²) < 4.78 is 25.6. The zero-order chi connectivity index (χ0) is 15.1. The summed E-state index contributed by atoms with van der Waals surface area (Å²) in [6, 6.07) is 4.34. The monoisotopic (exact) mass is 279 g/mol. The van der Waals surface area contributed by atoms with Gasteiger partial charge < -0.3 is 14.6 Å². The molecular weight excluding hydrogens is 260 g/mol. The fraction of sp³-hybridized carbons (Fsp3) is 0.500. The molecule has 6 heteroatoms. The summed E-state index contributed by atoms with van der Waals surface area (Å²) in [4.78, 5) is 11.1. The summed E-state index contributed by atoms with van der Waals surface area (Å²) in [7, 11) is -0.784. The molecule has 0 aliphatic carbocycles. The number of anilines is 1. The summed E-state index contributed by atoms with van der Waals surface area (Å²) >= 11 is 0. The lowest BCUT2D eigenvalue weighted by Crippen LogP contribution is -2.41. The Morgan fingerprint density at radius 1 is 1.20 bits per heavy atom. The topological polar surface area (TPSA) is 47.6 Å². The van der Waals surface area contributed by atoms with E-state index >= 15 is 0 Å². The van der Waals surface area contributed by atoms with E-state index in [1.165, 1.54) is 19.1 Å². The average Bonchev–Trinajstić information content (AvgIpc) is 2.50. The van der Waals surface area contributed by atoms with Crippen LogP contribution in [0.1, 0.15) is 34.6 Å². The molecule has 1 amide bonds. The molecule has 1 heterocycles. The van der Waals surface area contributed by atoms with Gasteiger partial charge in [-0.1, -0.05) is 0 Å². The van der Waals surface area contributed by atoms with Crippen LogP contribution >= 0.6 is 0 Å². The molecule has 1 fully saturated rings. The molecule has 0 aromatic heterocycles. The molecule has 0 spiro atoms. The van der Waals surface area contributed by atoms with E-state index in [1.807, 2.05) is 27.7 Å². The van der Waals surface area contributed by atoms with Crippen LogP contribution in [-0.4, -0.2) is 24.2 Å². The van der Waals surface area contributed by atoms with Crippen LogP contribution in [0.3, 0.4) is 0 Å². The van der Waals surface area contributed by atoms with Crippen molar-refractivity contribution in [3.63, 3.8) is 0 Å². The first-order chi connectivity index (χ1) is 9.12. The summed E-state index contributed by atoms with van der Waals surface area (Å²) in [5.74, 6) is -0.630. The number of hydrogen-bond donors (Lipinski definition) is 1. The maximum absolute atomic E-state index is 14.0. The van der Waals surface area contributed by atoms with Gasteiger partial charge in [-0.25, -0.2) is 4.39 Å². The van der Waals surface area contributed by atoms with Crippen LogP contribution in [0.5, 0.6) is 0 Å². The van der Waals surface area contributed by atoms with Crippen molar-refractivity contribution < 1.29 is 18.5 Å². The Morgan fingerprint density at radius 3 is 2.25 bits per heavy atom. The molecular formula is C14H19BFNO3. The van der Waals surface area contributed by atoms with Gasteiger partial charge in [-0.05, 0) is 45.9 Å². The van der Waals surface area contributed by atoms with Crippen LogP contribution in [0, 0.1) is 5.82 Å². The van der Waals surface area contributed by atoms with Crippen molar-refractivity contribution in [3.8, 4) is 0 Å². The van der Waals surface area contributed by atoms with E-state index in [0.717, 1.165) is 0 Å². The fourth-order valence-corrected chi connectivity index (χ4v) is 1.98. The minimum Gasteiger partial charge on any atom is -0.399 e. The maximum Gasteiger partial charge on any atom is 0.497 e. The molecule has 2 rings (SSSR count). The molecule has 1 aliphatic heterocycles. The summed E-state index contributed by atoms with van der Waals surface area (Å²) in [6.45, 7) is 9.02. The van der Waals surface area contributed by atoms with E-state index < -0.39 is 24.1 Å². The Balaban J connectivity index is 2.32. The molecule has 1 aromatic rings. The Kier molecular flexibility index (Phi) is 3.65. The molecule has 20 heavy (non-hydrogen) atoms. The Morgan fingerprint density at radius 2 is 1.75 bits per heavy atom. The van der Waals surface area contributed by atoms with Crippen molar-refractivity contribution in [1.82, 2.24) is 0 Å². The lowest BCUT2D eigenvalue weighted by molar-refractivity contribution is -0.114. The Labute approximate surface area is 118 Å². The van der Waals surface area contributed by atoms with E-state index in [0.29, 0.717) is 5.69 Å². The van der Waals surface area contributed by atoms with Gasteiger partial charge in [-0.15, -0.1) is 0 Å². The number of carbonyl (C=O) groups excluding carboxylic acids is 1. The summed E-state index contributed by atoms with van der Waals surface area (Å²) in [5, 5.41) is 2.62.